The molecule has 1 amide bonds. The first-order chi connectivity index (χ1) is 12.8. The van der Waals surface area contributed by atoms with E-state index < -0.39 is 0 Å². The van der Waals surface area contributed by atoms with Crippen molar-refractivity contribution in [2.24, 2.45) is 0 Å². The summed E-state index contributed by atoms with van der Waals surface area (Å²) in [5, 5.41) is 0. The molecule has 5 heteroatoms. The van der Waals surface area contributed by atoms with E-state index in [-0.39, 0.29) is 12.0 Å². The van der Waals surface area contributed by atoms with E-state index in [9.17, 15) is 4.79 Å². The molecule has 1 fully saturated rings. The molecule has 1 aliphatic heterocycles. The van der Waals surface area contributed by atoms with Gasteiger partial charge in [0.25, 0.3) is 5.91 Å². The highest BCUT2D eigenvalue weighted by molar-refractivity contribution is 5.94. The molecule has 0 unspecified atom stereocenters. The minimum atomic E-state index is 0.0697. The SMILES string of the molecule is O=C(c1ccc2c(c1)CCCC2)N1CCO[C@H](CCc2ccncn2)C1. The van der Waals surface area contributed by atoms with Crippen molar-refractivity contribution in [2.45, 2.75) is 44.6 Å². The van der Waals surface area contributed by atoms with Gasteiger partial charge in [-0.1, -0.05) is 6.07 Å². The Bertz CT molecular complexity index is 763. The van der Waals surface area contributed by atoms with Crippen molar-refractivity contribution >= 4 is 5.91 Å². The van der Waals surface area contributed by atoms with E-state index in [1.165, 1.54) is 24.0 Å². The predicted octanol–water partition coefficient (Wildman–Crippen LogP) is 2.83. The second-order valence-corrected chi connectivity index (χ2v) is 7.17. The van der Waals surface area contributed by atoms with Crippen molar-refractivity contribution in [1.29, 1.82) is 0 Å². The third-order valence-electron chi connectivity index (χ3n) is 5.39. The predicted molar refractivity (Wildman–Crippen MR) is 99.1 cm³/mol. The molecule has 5 nitrogen and oxygen atoms in total. The molecule has 2 aromatic rings. The summed E-state index contributed by atoms with van der Waals surface area (Å²) >= 11 is 0. The Morgan fingerprint density at radius 1 is 1.19 bits per heavy atom. The van der Waals surface area contributed by atoms with E-state index >= 15 is 0 Å². The average Bonchev–Trinajstić information content (AvgIpc) is 2.72. The summed E-state index contributed by atoms with van der Waals surface area (Å²) < 4.78 is 5.87. The van der Waals surface area contributed by atoms with Gasteiger partial charge in [-0.2, -0.15) is 0 Å². The highest BCUT2D eigenvalue weighted by Gasteiger charge is 2.25. The number of fused-ring (bicyclic) bond motifs is 1. The van der Waals surface area contributed by atoms with Crippen LogP contribution < -0.4 is 0 Å². The van der Waals surface area contributed by atoms with Crippen LogP contribution in [0.4, 0.5) is 0 Å². The topological polar surface area (TPSA) is 55.3 Å². The van der Waals surface area contributed by atoms with Crippen molar-refractivity contribution in [3.05, 3.63) is 59.2 Å². The van der Waals surface area contributed by atoms with Crippen LogP contribution in [0.25, 0.3) is 0 Å². The van der Waals surface area contributed by atoms with Crippen LogP contribution >= 0.6 is 0 Å². The summed E-state index contributed by atoms with van der Waals surface area (Å²) in [6, 6.07) is 8.19. The van der Waals surface area contributed by atoms with Gasteiger partial charge in [-0.15, -0.1) is 0 Å². The minimum Gasteiger partial charge on any atom is -0.375 e. The van der Waals surface area contributed by atoms with E-state index in [1.54, 1.807) is 12.5 Å². The second kappa shape index (κ2) is 7.96. The lowest BCUT2D eigenvalue weighted by molar-refractivity contribution is -0.0247. The van der Waals surface area contributed by atoms with E-state index in [0.717, 1.165) is 36.9 Å². The smallest absolute Gasteiger partial charge is 0.254 e. The molecule has 0 radical (unpaired) electrons. The number of ether oxygens (including phenoxy) is 1. The van der Waals surface area contributed by atoms with Crippen LogP contribution in [-0.2, 0) is 24.0 Å². The normalized spacial score (nSPS) is 19.8. The lowest BCUT2D eigenvalue weighted by Crippen LogP contribution is -2.45. The summed E-state index contributed by atoms with van der Waals surface area (Å²) in [4.78, 5) is 23.1. The molecule has 4 rings (SSSR count). The highest BCUT2D eigenvalue weighted by atomic mass is 16.5. The van der Waals surface area contributed by atoms with E-state index in [0.29, 0.717) is 19.7 Å². The summed E-state index contributed by atoms with van der Waals surface area (Å²) in [6.07, 6.45) is 9.84. The van der Waals surface area contributed by atoms with Gasteiger partial charge in [-0.05, 0) is 67.9 Å². The van der Waals surface area contributed by atoms with Crippen molar-refractivity contribution in [1.82, 2.24) is 14.9 Å². The third-order valence-corrected chi connectivity index (χ3v) is 5.39. The summed E-state index contributed by atoms with van der Waals surface area (Å²) in [7, 11) is 0. The van der Waals surface area contributed by atoms with Gasteiger partial charge in [0.1, 0.15) is 6.33 Å². The van der Waals surface area contributed by atoms with Crippen LogP contribution in [0.1, 0.15) is 46.4 Å². The lowest BCUT2D eigenvalue weighted by Gasteiger charge is -2.33. The number of amides is 1. The fraction of sp³-hybridized carbons (Fsp3) is 0.476. The zero-order valence-corrected chi connectivity index (χ0v) is 15.1. The van der Waals surface area contributed by atoms with Gasteiger partial charge in [0.2, 0.25) is 0 Å². The Kier molecular flexibility index (Phi) is 5.25. The van der Waals surface area contributed by atoms with Gasteiger partial charge in [0.05, 0.1) is 12.7 Å². The van der Waals surface area contributed by atoms with Crippen molar-refractivity contribution in [3.8, 4) is 0 Å². The number of hydrogen-bond acceptors (Lipinski definition) is 4. The molecule has 1 aliphatic carbocycles. The van der Waals surface area contributed by atoms with Gasteiger partial charge in [0, 0.05) is 30.5 Å². The Hall–Kier alpha value is -2.27. The lowest BCUT2D eigenvalue weighted by atomic mass is 9.90. The fourth-order valence-corrected chi connectivity index (χ4v) is 3.90. The highest BCUT2D eigenvalue weighted by Crippen LogP contribution is 2.23. The quantitative estimate of drug-likeness (QED) is 0.850. The van der Waals surface area contributed by atoms with Crippen LogP contribution in [-0.4, -0.2) is 46.6 Å². The molecule has 0 saturated carbocycles. The Morgan fingerprint density at radius 2 is 2.08 bits per heavy atom. The van der Waals surface area contributed by atoms with Crippen molar-refractivity contribution in [3.63, 3.8) is 0 Å². The molecule has 1 aromatic carbocycles. The maximum Gasteiger partial charge on any atom is 0.254 e. The number of carbonyl (C=O) groups is 1. The zero-order valence-electron chi connectivity index (χ0n) is 15.1. The number of aromatic nitrogens is 2. The summed E-state index contributed by atoms with van der Waals surface area (Å²) in [5.74, 6) is 0.133. The minimum absolute atomic E-state index is 0.0697. The summed E-state index contributed by atoms with van der Waals surface area (Å²) in [6.45, 7) is 1.92. The third kappa shape index (κ3) is 3.93. The van der Waals surface area contributed by atoms with Crippen LogP contribution in [0, 0.1) is 0 Å². The van der Waals surface area contributed by atoms with Gasteiger partial charge < -0.3 is 9.64 Å². The largest absolute Gasteiger partial charge is 0.375 e. The number of benzene rings is 1. The van der Waals surface area contributed by atoms with Gasteiger partial charge >= 0.3 is 0 Å². The average molecular weight is 351 g/mol. The molecule has 2 heterocycles. The monoisotopic (exact) mass is 351 g/mol. The zero-order chi connectivity index (χ0) is 17.8. The molecule has 26 heavy (non-hydrogen) atoms. The summed E-state index contributed by atoms with van der Waals surface area (Å²) in [5.41, 5.74) is 4.61. The van der Waals surface area contributed by atoms with E-state index in [2.05, 4.69) is 22.1 Å². The molecular formula is C21H25N3O2. The molecule has 0 bridgehead atoms. The van der Waals surface area contributed by atoms with Crippen molar-refractivity contribution in [2.75, 3.05) is 19.7 Å². The maximum atomic E-state index is 13.0. The molecule has 0 N–H and O–H groups in total. The standard InChI is InChI=1S/C21H25N3O2/c25-21(18-6-5-16-3-1-2-4-17(16)13-18)24-11-12-26-20(14-24)8-7-19-9-10-22-15-23-19/h5-6,9-10,13,15,20H,1-4,7-8,11-12,14H2/t20-/m1/s1. The number of rotatable bonds is 4. The van der Waals surface area contributed by atoms with Crippen LogP contribution in [0.3, 0.4) is 0 Å². The van der Waals surface area contributed by atoms with Crippen LogP contribution in [0.5, 0.6) is 0 Å². The van der Waals surface area contributed by atoms with Crippen LogP contribution in [0.2, 0.25) is 0 Å². The molecule has 136 valence electrons. The first kappa shape index (κ1) is 17.2. The Labute approximate surface area is 154 Å². The first-order valence-electron chi connectivity index (χ1n) is 9.57. The van der Waals surface area contributed by atoms with Gasteiger partial charge in [-0.25, -0.2) is 9.97 Å². The Balaban J connectivity index is 1.38. The molecule has 1 atom stereocenters. The second-order valence-electron chi connectivity index (χ2n) is 7.17. The number of hydrogen-bond donors (Lipinski definition) is 0. The first-order valence-corrected chi connectivity index (χ1v) is 9.57. The number of nitrogens with zero attached hydrogens (tertiary/aromatic N) is 3. The fourth-order valence-electron chi connectivity index (χ4n) is 3.90. The number of aryl methyl sites for hydroxylation is 3. The number of morpholine rings is 1. The van der Waals surface area contributed by atoms with Crippen molar-refractivity contribution < 1.29 is 9.53 Å². The van der Waals surface area contributed by atoms with Crippen LogP contribution in [0.15, 0.2) is 36.8 Å². The van der Waals surface area contributed by atoms with Gasteiger partial charge in [-0.3, -0.25) is 4.79 Å². The molecule has 1 aromatic heterocycles. The Morgan fingerprint density at radius 3 is 2.92 bits per heavy atom. The molecule has 0 spiro atoms. The molecule has 1 saturated heterocycles. The maximum absolute atomic E-state index is 13.0. The van der Waals surface area contributed by atoms with E-state index in [1.807, 2.05) is 17.0 Å². The number of carbonyl (C=O) groups excluding carboxylic acids is 1. The molecular weight excluding hydrogens is 326 g/mol. The molecule has 2 aliphatic rings. The van der Waals surface area contributed by atoms with Gasteiger partial charge in [0.15, 0.2) is 0 Å². The van der Waals surface area contributed by atoms with E-state index in [4.69, 9.17) is 4.74 Å².